The van der Waals surface area contributed by atoms with E-state index in [0.29, 0.717) is 16.2 Å². The highest BCUT2D eigenvalue weighted by Gasteiger charge is 2.27. The van der Waals surface area contributed by atoms with Gasteiger partial charge < -0.3 is 13.5 Å². The van der Waals surface area contributed by atoms with Crippen molar-refractivity contribution in [3.8, 4) is 0 Å². The van der Waals surface area contributed by atoms with Gasteiger partial charge in [-0.3, -0.25) is 29.0 Å². The van der Waals surface area contributed by atoms with E-state index < -0.39 is 0 Å². The third kappa shape index (κ3) is 40.6. The summed E-state index contributed by atoms with van der Waals surface area (Å²) in [5.41, 5.74) is 26.6. The van der Waals surface area contributed by atoms with Gasteiger partial charge in [-0.2, -0.15) is 15.3 Å². The molecule has 0 aliphatic heterocycles. The Morgan fingerprint density at radius 1 is 0.338 bits per heavy atom. The van der Waals surface area contributed by atoms with Crippen LogP contribution < -0.4 is 0 Å². The van der Waals surface area contributed by atoms with Crippen molar-refractivity contribution < 1.29 is 4.39 Å². The van der Waals surface area contributed by atoms with Crippen molar-refractivity contribution in [2.24, 2.45) is 51.5 Å². The van der Waals surface area contributed by atoms with E-state index in [2.05, 4.69) is 327 Å². The first-order chi connectivity index (χ1) is 60.6. The number of fused-ring (bicyclic) bond motifs is 9. The molecule has 139 heavy (non-hydrogen) atoms. The molecule has 0 aromatic carbocycles. The molecule has 0 aliphatic carbocycles. The first-order valence-corrected chi connectivity index (χ1v) is 47.5. The van der Waals surface area contributed by atoms with Crippen molar-refractivity contribution in [1.29, 1.82) is 0 Å². The SMILES string of the molecule is C.C.C.C.C.C.C.C.CC.CC(C)(C)C.CC(C)(C)C.CC(C)(C)C.Cc1cc2c(cnn2C)c(C(C)(C)C)n1.Cc1cccc2ncc(C(C)(C)C)n12.Cc1cnc2c(c1)c(C(C)(C)C)nn2C.Cn1ccc2c(C(C)(C)C)c(F)cnc21.Cn1ccc2c(C(C)(C)C)ccnc21.Cn1ncc2c(C(C)(C)C)ccnc21.c1cc2ncsc2cn1.c1cc2scnc2cn1.c1cnc2ncsc2c1. The fourth-order valence-corrected chi connectivity index (χ4v) is 14.9. The third-order valence-corrected chi connectivity index (χ3v) is 21.0. The molecule has 18 heterocycles. The van der Waals surface area contributed by atoms with Crippen molar-refractivity contribution in [2.75, 3.05) is 0 Å². The summed E-state index contributed by atoms with van der Waals surface area (Å²) < 4.78 is 29.0. The molecule has 0 atom stereocenters. The van der Waals surface area contributed by atoms with Crippen LogP contribution in [0.1, 0.15) is 332 Å². The lowest BCUT2D eigenvalue weighted by molar-refractivity contribution is 0.469. The van der Waals surface area contributed by atoms with Gasteiger partial charge in [-0.15, -0.1) is 34.0 Å². The maximum atomic E-state index is 13.8. The van der Waals surface area contributed by atoms with Crippen molar-refractivity contribution in [2.45, 2.75) is 334 Å². The molecule has 0 unspecified atom stereocenters. The number of rotatable bonds is 0. The van der Waals surface area contributed by atoms with Gasteiger partial charge in [0, 0.05) is 163 Å². The van der Waals surface area contributed by atoms with Gasteiger partial charge in [-0.25, -0.2) is 49.2 Å². The van der Waals surface area contributed by atoms with E-state index in [0.717, 1.165) is 98.6 Å². The summed E-state index contributed by atoms with van der Waals surface area (Å²) in [6.07, 6.45) is 25.6. The molecule has 0 spiro atoms. The predicted molar refractivity (Wildman–Crippen MR) is 611 cm³/mol. The zero-order chi connectivity index (χ0) is 98.5. The van der Waals surface area contributed by atoms with E-state index in [9.17, 15) is 4.39 Å². The Morgan fingerprint density at radius 3 is 1.34 bits per heavy atom. The van der Waals surface area contributed by atoms with Gasteiger partial charge in [0.15, 0.2) is 16.9 Å². The number of hydrogen-bond acceptors (Lipinski definition) is 18. The number of pyridine rings is 9. The minimum atomic E-state index is -0.221. The largest absolute Gasteiger partial charge is 0.336 e. The van der Waals surface area contributed by atoms with Crippen molar-refractivity contribution >= 4 is 125 Å². The average molecular weight is 1960 g/mol. The fourth-order valence-electron chi connectivity index (χ4n) is 13.0. The molecule has 768 valence electrons. The van der Waals surface area contributed by atoms with Gasteiger partial charge in [0.2, 0.25) is 0 Å². The topological polar surface area (TPSA) is 222 Å². The van der Waals surface area contributed by atoms with E-state index in [1.807, 2.05) is 198 Å². The molecule has 0 bridgehead atoms. The van der Waals surface area contributed by atoms with Gasteiger partial charge in [0.25, 0.3) is 0 Å². The quantitative estimate of drug-likeness (QED) is 0.138. The second kappa shape index (κ2) is 55.8. The summed E-state index contributed by atoms with van der Waals surface area (Å²) in [5, 5.41) is 18.7. The summed E-state index contributed by atoms with van der Waals surface area (Å²) in [6.45, 7) is 75.5. The zero-order valence-electron chi connectivity index (χ0n) is 86.3. The number of aryl methyl sites for hydroxylation is 8. The number of nitrogens with zero attached hydrogens (tertiary/aromatic N) is 21. The van der Waals surface area contributed by atoms with Crippen LogP contribution in [0.2, 0.25) is 0 Å². The van der Waals surface area contributed by atoms with Crippen LogP contribution in [-0.4, -0.2) is 103 Å². The van der Waals surface area contributed by atoms with E-state index >= 15 is 0 Å². The zero-order valence-corrected chi connectivity index (χ0v) is 88.8. The van der Waals surface area contributed by atoms with Gasteiger partial charge in [-0.05, 0) is 143 Å². The van der Waals surface area contributed by atoms with Crippen LogP contribution in [0.15, 0.2) is 182 Å². The molecule has 25 heteroatoms. The molecule has 0 aliphatic rings. The van der Waals surface area contributed by atoms with Crippen molar-refractivity contribution in [3.05, 3.63) is 239 Å². The summed E-state index contributed by atoms with van der Waals surface area (Å²) in [5.74, 6) is -0.221. The Bertz CT molecular complexity index is 6190. The highest BCUT2D eigenvalue weighted by Crippen LogP contribution is 2.35. The van der Waals surface area contributed by atoms with E-state index in [1.54, 1.807) is 64.3 Å². The standard InChI is InChI=1S/C12H15FN2.2C12H17N3.2C12H16N2.C11H15N3.3C6H4N2S.3C5H12.C2H6.8CH4/c1-12(2,3)10-8-5-6-15(4)11(8)14-7-9(10)13;1-8-6-10-9(7-13-15(10)5)11(14-8)12(2,3)4;1-8-6-9-10(12(2,3)4)14-15(5)11(9)13-7-8;1-12(2,3)10-5-7-13-11-9(10)6-8-14(11)4;1-9-6-5-7-11-13-8-10(14(9)11)12(2,3)4;1-11(2,3)9-5-6-12-10-8(9)7-13-14(10)4;1-2-7-3-5-6(1)9-4-8-5;1-2-7-3-6-5(1)8-4-9-6;1-2-5-6(7-3-1)8-4-9-5;3*1-5(2,3)4;1-2;;;;;;;;/h5-7H,1-4H3;2*6-7H,1-5H3;2*5-8H,1-4H3;5-7H,1-4H3;3*1-4H;3*1-4H3;1-2H3;8*1H4. The number of halogens is 1. The summed E-state index contributed by atoms with van der Waals surface area (Å²) in [6, 6.07) is 26.5. The van der Waals surface area contributed by atoms with Gasteiger partial charge in [0.05, 0.1) is 83.4 Å². The second-order valence-electron chi connectivity index (χ2n) is 43.3. The second-order valence-corrected chi connectivity index (χ2v) is 45.9. The lowest BCUT2D eigenvalue weighted by Crippen LogP contribution is -2.15. The lowest BCUT2D eigenvalue weighted by atomic mass is 9.85. The van der Waals surface area contributed by atoms with Crippen molar-refractivity contribution in [1.82, 2.24) is 103 Å². The highest BCUT2D eigenvalue weighted by atomic mass is 32.1. The molecule has 18 rings (SSSR count). The third-order valence-electron chi connectivity index (χ3n) is 18.6. The Kier molecular flexibility index (Phi) is 53.1. The summed E-state index contributed by atoms with van der Waals surface area (Å²) in [7, 11) is 9.78. The maximum absolute atomic E-state index is 13.8. The summed E-state index contributed by atoms with van der Waals surface area (Å²) >= 11 is 4.86. The Morgan fingerprint density at radius 2 is 0.813 bits per heavy atom. The monoisotopic (exact) mass is 1960 g/mol. The number of hydrogen-bond donors (Lipinski definition) is 0. The molecule has 0 fully saturated rings. The van der Waals surface area contributed by atoms with E-state index in [4.69, 9.17) is 0 Å². The van der Waals surface area contributed by atoms with Gasteiger partial charge >= 0.3 is 0 Å². The Balaban J connectivity index is -0.00000146. The molecular weight excluding hydrogens is 1780 g/mol. The number of aromatic nitrogens is 21. The minimum absolute atomic E-state index is 0. The molecule has 18 aromatic rings. The molecule has 0 amide bonds. The fraction of sp³-hybridized carbons (Fsp3) is 0.500. The highest BCUT2D eigenvalue weighted by molar-refractivity contribution is 7.17. The van der Waals surface area contributed by atoms with Crippen LogP contribution in [0.4, 0.5) is 4.39 Å². The van der Waals surface area contributed by atoms with Crippen molar-refractivity contribution in [3.63, 3.8) is 0 Å². The van der Waals surface area contributed by atoms with Crippen LogP contribution >= 0.6 is 34.0 Å². The predicted octanol–water partition coefficient (Wildman–Crippen LogP) is 33.6. The normalized spacial score (nSPS) is 11.0. The lowest BCUT2D eigenvalue weighted by Gasteiger charge is -2.20. The maximum Gasteiger partial charge on any atom is 0.170 e. The molecular formula is C114H182FN21S3. The summed E-state index contributed by atoms with van der Waals surface area (Å²) in [4.78, 5) is 50.4. The molecule has 0 radical (unpaired) electrons. The van der Waals surface area contributed by atoms with E-state index in [1.165, 1.54) is 49.7 Å². The van der Waals surface area contributed by atoms with Crippen LogP contribution in [0.3, 0.4) is 0 Å². The number of thiazole rings is 3. The number of imidazole rings is 1. The molecule has 0 saturated carbocycles. The Hall–Kier alpha value is -11.0. The minimum Gasteiger partial charge on any atom is -0.336 e. The average Bonchev–Trinajstić information content (AvgIpc) is 1.73. The van der Waals surface area contributed by atoms with Crippen LogP contribution in [0, 0.1) is 42.8 Å². The Labute approximate surface area is 851 Å². The van der Waals surface area contributed by atoms with E-state index in [-0.39, 0.29) is 97.7 Å². The molecule has 0 N–H and O–H groups in total. The first-order valence-electron chi connectivity index (χ1n) is 44.8. The molecule has 21 nitrogen and oxygen atoms in total. The molecule has 0 saturated heterocycles. The van der Waals surface area contributed by atoms with Gasteiger partial charge in [0.1, 0.15) is 22.8 Å². The van der Waals surface area contributed by atoms with Crippen LogP contribution in [0.25, 0.3) is 91.5 Å². The van der Waals surface area contributed by atoms with Gasteiger partial charge in [-0.1, -0.05) is 287 Å². The first kappa shape index (κ1) is 132. The smallest absolute Gasteiger partial charge is 0.170 e. The molecule has 18 aromatic heterocycles. The van der Waals surface area contributed by atoms with Crippen LogP contribution in [-0.2, 0) is 67.7 Å². The van der Waals surface area contributed by atoms with Crippen LogP contribution in [0.5, 0.6) is 0 Å².